The van der Waals surface area contributed by atoms with E-state index in [0.29, 0.717) is 12.3 Å². The fourth-order valence-corrected chi connectivity index (χ4v) is 4.87. The molecule has 5 unspecified atom stereocenters. The number of fused-ring (bicyclic) bond motifs is 1. The molecule has 5 atom stereocenters. The molecule has 20 heavy (non-hydrogen) atoms. The van der Waals surface area contributed by atoms with Gasteiger partial charge in [-0.2, -0.15) is 26.3 Å². The number of aliphatic hydroxyl groups is 1. The normalized spacial score (nSPS) is 43.8. The van der Waals surface area contributed by atoms with Gasteiger partial charge in [-0.1, -0.05) is 6.92 Å². The van der Waals surface area contributed by atoms with E-state index in [4.69, 9.17) is 0 Å². The number of hydrogen-bond donors (Lipinski definition) is 1. The van der Waals surface area contributed by atoms with E-state index in [1.807, 2.05) is 6.92 Å². The maximum atomic E-state index is 12.7. The van der Waals surface area contributed by atoms with Crippen molar-refractivity contribution < 1.29 is 31.4 Å². The zero-order valence-electron chi connectivity index (χ0n) is 10.9. The molecular formula is C13H16F6O. The second kappa shape index (κ2) is 3.65. The van der Waals surface area contributed by atoms with Gasteiger partial charge in [0.1, 0.15) is 0 Å². The number of rotatable bonds is 2. The van der Waals surface area contributed by atoms with Crippen LogP contribution in [0.15, 0.2) is 0 Å². The van der Waals surface area contributed by atoms with E-state index in [1.165, 1.54) is 0 Å². The summed E-state index contributed by atoms with van der Waals surface area (Å²) < 4.78 is 76.4. The molecule has 2 bridgehead atoms. The Labute approximate surface area is 112 Å². The molecule has 1 N–H and O–H groups in total. The second-order valence-electron chi connectivity index (χ2n) is 6.86. The molecule has 3 aliphatic rings. The van der Waals surface area contributed by atoms with Gasteiger partial charge in [-0.15, -0.1) is 0 Å². The summed E-state index contributed by atoms with van der Waals surface area (Å²) in [5, 5.41) is 9.32. The van der Waals surface area contributed by atoms with Gasteiger partial charge in [-0.3, -0.25) is 0 Å². The molecular weight excluding hydrogens is 286 g/mol. The average molecular weight is 302 g/mol. The van der Waals surface area contributed by atoms with E-state index >= 15 is 0 Å². The summed E-state index contributed by atoms with van der Waals surface area (Å²) >= 11 is 0. The van der Waals surface area contributed by atoms with Gasteiger partial charge < -0.3 is 5.11 Å². The van der Waals surface area contributed by atoms with E-state index in [2.05, 4.69) is 0 Å². The summed E-state index contributed by atoms with van der Waals surface area (Å²) in [4.78, 5) is 0. The lowest BCUT2D eigenvalue weighted by Gasteiger charge is -2.37. The summed E-state index contributed by atoms with van der Waals surface area (Å²) in [5.41, 5.74) is -4.92. The maximum Gasteiger partial charge on any atom is 0.426 e. The van der Waals surface area contributed by atoms with Crippen molar-refractivity contribution in [2.24, 2.45) is 29.1 Å². The molecule has 0 heterocycles. The first kappa shape index (κ1) is 14.5. The van der Waals surface area contributed by atoms with Gasteiger partial charge in [0.05, 0.1) is 0 Å². The van der Waals surface area contributed by atoms with E-state index < -0.39 is 30.3 Å². The Morgan fingerprint density at radius 3 is 2.00 bits per heavy atom. The van der Waals surface area contributed by atoms with Crippen LogP contribution in [0.25, 0.3) is 0 Å². The minimum Gasteiger partial charge on any atom is -0.374 e. The Morgan fingerprint density at radius 1 is 1.05 bits per heavy atom. The Kier molecular flexibility index (Phi) is 2.64. The van der Waals surface area contributed by atoms with Crippen molar-refractivity contribution in [1.82, 2.24) is 0 Å². The first-order chi connectivity index (χ1) is 8.92. The lowest BCUT2D eigenvalue weighted by atomic mass is 9.76. The molecule has 0 aromatic heterocycles. The van der Waals surface area contributed by atoms with Crippen molar-refractivity contribution in [1.29, 1.82) is 0 Å². The topological polar surface area (TPSA) is 20.2 Å². The summed E-state index contributed by atoms with van der Waals surface area (Å²) in [5.74, 6) is 0.222. The van der Waals surface area contributed by atoms with Gasteiger partial charge in [0.15, 0.2) is 0 Å². The quantitative estimate of drug-likeness (QED) is 0.767. The molecule has 0 aromatic rings. The lowest BCUT2D eigenvalue weighted by Crippen LogP contribution is -2.58. The van der Waals surface area contributed by atoms with E-state index in [-0.39, 0.29) is 17.3 Å². The molecule has 0 radical (unpaired) electrons. The first-order valence-electron chi connectivity index (χ1n) is 6.78. The summed E-state index contributed by atoms with van der Waals surface area (Å²) in [6.45, 7) is 2.03. The van der Waals surface area contributed by atoms with Crippen LogP contribution in [-0.4, -0.2) is 23.1 Å². The fraction of sp³-hybridized carbons (Fsp3) is 1.00. The molecule has 0 saturated heterocycles. The first-order valence-corrected chi connectivity index (χ1v) is 6.78. The molecule has 116 valence electrons. The third-order valence-electron chi connectivity index (χ3n) is 6.08. The predicted octanol–water partition coefficient (Wildman–Crippen LogP) is 3.91. The Bertz CT molecular complexity index is 412. The molecule has 0 aromatic carbocycles. The van der Waals surface area contributed by atoms with E-state index in [1.54, 1.807) is 0 Å². The van der Waals surface area contributed by atoms with Crippen LogP contribution in [0.4, 0.5) is 26.3 Å². The molecule has 3 saturated carbocycles. The van der Waals surface area contributed by atoms with Gasteiger partial charge in [-0.05, 0) is 54.8 Å². The van der Waals surface area contributed by atoms with Gasteiger partial charge in [-0.25, -0.2) is 0 Å². The minimum atomic E-state index is -5.68. The van der Waals surface area contributed by atoms with Crippen LogP contribution < -0.4 is 0 Å². The second-order valence-corrected chi connectivity index (χ2v) is 6.86. The lowest BCUT2D eigenvalue weighted by molar-refractivity contribution is -0.373. The van der Waals surface area contributed by atoms with Gasteiger partial charge >= 0.3 is 12.4 Å². The van der Waals surface area contributed by atoms with Crippen molar-refractivity contribution >= 4 is 0 Å². The van der Waals surface area contributed by atoms with Crippen molar-refractivity contribution in [3.63, 3.8) is 0 Å². The summed E-state index contributed by atoms with van der Waals surface area (Å²) in [6.07, 6.45) is -10.8. The van der Waals surface area contributed by atoms with Crippen LogP contribution in [0.3, 0.4) is 0 Å². The van der Waals surface area contributed by atoms with E-state index in [9.17, 15) is 31.4 Å². The highest BCUT2D eigenvalue weighted by Gasteiger charge is 2.76. The third-order valence-corrected chi connectivity index (χ3v) is 6.08. The highest BCUT2D eigenvalue weighted by molar-refractivity contribution is 5.20. The largest absolute Gasteiger partial charge is 0.426 e. The smallest absolute Gasteiger partial charge is 0.374 e. The predicted molar refractivity (Wildman–Crippen MR) is 57.6 cm³/mol. The number of halogens is 6. The molecule has 3 aliphatic carbocycles. The fourth-order valence-electron chi connectivity index (χ4n) is 4.87. The molecule has 0 amide bonds. The van der Waals surface area contributed by atoms with Crippen molar-refractivity contribution in [3.8, 4) is 0 Å². The van der Waals surface area contributed by atoms with Gasteiger partial charge in [0.25, 0.3) is 5.60 Å². The van der Waals surface area contributed by atoms with Crippen LogP contribution in [0.2, 0.25) is 0 Å². The molecule has 1 nitrogen and oxygen atoms in total. The Morgan fingerprint density at radius 2 is 1.60 bits per heavy atom. The summed E-state index contributed by atoms with van der Waals surface area (Å²) in [7, 11) is 0. The average Bonchev–Trinajstić information content (AvgIpc) is 2.80. The zero-order chi connectivity index (χ0) is 15.1. The summed E-state index contributed by atoms with van der Waals surface area (Å²) in [6, 6.07) is 0. The highest BCUT2D eigenvalue weighted by atomic mass is 19.4. The molecule has 0 aliphatic heterocycles. The standard InChI is InChI=1S/C13H16F6O/c1-6-7-2-8(10(3-7)5-9(6)10)4-11(20,12(14,15)16)13(17,18)19/h6-9,20H,2-5H2,1H3. The van der Waals surface area contributed by atoms with Crippen molar-refractivity contribution in [2.45, 2.75) is 50.6 Å². The van der Waals surface area contributed by atoms with Crippen LogP contribution in [0.5, 0.6) is 0 Å². The van der Waals surface area contributed by atoms with Gasteiger partial charge in [0, 0.05) is 0 Å². The minimum absolute atomic E-state index is 0.226. The van der Waals surface area contributed by atoms with Crippen LogP contribution in [-0.2, 0) is 0 Å². The molecule has 1 spiro atoms. The highest BCUT2D eigenvalue weighted by Crippen LogP contribution is 2.79. The third kappa shape index (κ3) is 1.61. The van der Waals surface area contributed by atoms with Crippen LogP contribution in [0, 0.1) is 29.1 Å². The molecule has 3 rings (SSSR count). The SMILES string of the molecule is CC1C2CC(CC(O)(C(F)(F)F)C(F)(F)F)C3(C2)CC13. The molecule has 3 fully saturated rings. The Balaban J connectivity index is 1.84. The molecule has 7 heteroatoms. The van der Waals surface area contributed by atoms with Crippen molar-refractivity contribution in [2.75, 3.05) is 0 Å². The van der Waals surface area contributed by atoms with Crippen molar-refractivity contribution in [3.05, 3.63) is 0 Å². The van der Waals surface area contributed by atoms with E-state index in [0.717, 1.165) is 12.8 Å². The number of alkyl halides is 6. The van der Waals surface area contributed by atoms with Gasteiger partial charge in [0.2, 0.25) is 0 Å². The van der Waals surface area contributed by atoms with Crippen LogP contribution in [0.1, 0.15) is 32.6 Å². The monoisotopic (exact) mass is 302 g/mol. The maximum absolute atomic E-state index is 12.7. The number of hydrogen-bond acceptors (Lipinski definition) is 1. The van der Waals surface area contributed by atoms with Crippen LogP contribution >= 0.6 is 0 Å². The Hall–Kier alpha value is -0.460. The zero-order valence-corrected chi connectivity index (χ0v) is 10.9.